The van der Waals surface area contributed by atoms with Crippen molar-refractivity contribution >= 4 is 21.9 Å². The first-order valence-electron chi connectivity index (χ1n) is 4.53. The Kier molecular flexibility index (Phi) is 1.00. The lowest BCUT2D eigenvalue weighted by Gasteiger charge is -1.86. The van der Waals surface area contributed by atoms with Gasteiger partial charge < -0.3 is 4.98 Å². The normalized spacial score (nSPS) is 12.2. The highest BCUT2D eigenvalue weighted by molar-refractivity contribution is 6.05. The van der Waals surface area contributed by atoms with Gasteiger partial charge in [-0.2, -0.15) is 0 Å². The second-order valence-corrected chi connectivity index (χ2v) is 2.88. The fourth-order valence-electron chi connectivity index (χ4n) is 1.52. The van der Waals surface area contributed by atoms with Crippen molar-refractivity contribution in [1.29, 1.82) is 0 Å². The van der Waals surface area contributed by atoms with E-state index in [0.29, 0.717) is 0 Å². The molecule has 3 nitrogen and oxygen atoms in total. The van der Waals surface area contributed by atoms with Gasteiger partial charge in [-0.15, -0.1) is 0 Å². The molecule has 1 N–H and O–H groups in total. The van der Waals surface area contributed by atoms with Crippen LogP contribution in [0.25, 0.3) is 21.9 Å². The van der Waals surface area contributed by atoms with Crippen LogP contribution in [0.2, 0.25) is 0 Å². The van der Waals surface area contributed by atoms with E-state index in [1.165, 1.54) is 0 Å². The first-order chi connectivity index (χ1) is 6.84. The van der Waals surface area contributed by atoms with Gasteiger partial charge in [-0.25, -0.2) is 4.98 Å². The lowest BCUT2D eigenvalue weighted by molar-refractivity contribution is 1.33. The summed E-state index contributed by atoms with van der Waals surface area (Å²) in [6.45, 7) is 0. The van der Waals surface area contributed by atoms with Crippen molar-refractivity contribution < 1.29 is 1.37 Å². The first kappa shape index (κ1) is 5.70. The number of nitrogens with zero attached hydrogens (tertiary/aromatic N) is 2. The number of fused-ring (bicyclic) bond motifs is 3. The maximum Gasteiger partial charge on any atom is 0.138 e. The van der Waals surface area contributed by atoms with Crippen LogP contribution in [0.3, 0.4) is 0 Å². The second-order valence-electron chi connectivity index (χ2n) is 2.88. The SMILES string of the molecule is [2H]c1cc2[nH]c3ncccc3c2cn1. The molecule has 0 aliphatic rings. The van der Waals surface area contributed by atoms with Crippen molar-refractivity contribution in [1.82, 2.24) is 15.0 Å². The number of aromatic nitrogens is 3. The van der Waals surface area contributed by atoms with E-state index in [4.69, 9.17) is 1.37 Å². The van der Waals surface area contributed by atoms with Gasteiger partial charge in [-0.3, -0.25) is 4.98 Å². The quantitative estimate of drug-likeness (QED) is 0.561. The van der Waals surface area contributed by atoms with Crippen LogP contribution in [-0.2, 0) is 0 Å². The van der Waals surface area contributed by atoms with Crippen LogP contribution >= 0.6 is 0 Å². The van der Waals surface area contributed by atoms with Crippen molar-refractivity contribution in [2.75, 3.05) is 0 Å². The van der Waals surface area contributed by atoms with E-state index < -0.39 is 0 Å². The van der Waals surface area contributed by atoms with Gasteiger partial charge in [0.15, 0.2) is 0 Å². The number of rotatable bonds is 0. The van der Waals surface area contributed by atoms with Crippen molar-refractivity contribution in [2.45, 2.75) is 0 Å². The maximum atomic E-state index is 7.40. The Hall–Kier alpha value is -1.90. The summed E-state index contributed by atoms with van der Waals surface area (Å²) in [7, 11) is 0. The molecule has 0 fully saturated rings. The van der Waals surface area contributed by atoms with E-state index in [2.05, 4.69) is 15.0 Å². The molecule has 0 aliphatic carbocycles. The van der Waals surface area contributed by atoms with E-state index in [-0.39, 0.29) is 6.17 Å². The molecular weight excluding hydrogens is 162 g/mol. The van der Waals surface area contributed by atoms with Gasteiger partial charge in [0.1, 0.15) is 5.65 Å². The molecule has 0 aromatic carbocycles. The number of aromatic amines is 1. The largest absolute Gasteiger partial charge is 0.339 e. The minimum Gasteiger partial charge on any atom is -0.339 e. The molecule has 3 heteroatoms. The predicted octanol–water partition coefficient (Wildman–Crippen LogP) is 2.11. The van der Waals surface area contributed by atoms with Crippen LogP contribution in [-0.4, -0.2) is 15.0 Å². The molecule has 0 unspecified atom stereocenters. The number of pyridine rings is 2. The molecule has 0 spiro atoms. The molecule has 0 amide bonds. The lowest BCUT2D eigenvalue weighted by Crippen LogP contribution is -1.71. The minimum absolute atomic E-state index is 0.268. The highest BCUT2D eigenvalue weighted by Gasteiger charge is 2.02. The Bertz CT molecular complexity index is 615. The third-order valence-electron chi connectivity index (χ3n) is 2.12. The summed E-state index contributed by atoms with van der Waals surface area (Å²) < 4.78 is 7.40. The summed E-state index contributed by atoms with van der Waals surface area (Å²) in [6, 6.07) is 5.59. The molecule has 3 aromatic heterocycles. The summed E-state index contributed by atoms with van der Waals surface area (Å²) >= 11 is 0. The first-order valence-corrected chi connectivity index (χ1v) is 4.03. The van der Waals surface area contributed by atoms with Crippen LogP contribution in [0.5, 0.6) is 0 Å². The van der Waals surface area contributed by atoms with E-state index in [9.17, 15) is 0 Å². The Labute approximate surface area is 75.8 Å². The lowest BCUT2D eigenvalue weighted by atomic mass is 10.2. The second kappa shape index (κ2) is 2.29. The van der Waals surface area contributed by atoms with Crippen LogP contribution in [0, 0.1) is 0 Å². The summed E-state index contributed by atoms with van der Waals surface area (Å²) in [5.74, 6) is 0. The van der Waals surface area contributed by atoms with Crippen molar-refractivity contribution in [2.24, 2.45) is 0 Å². The van der Waals surface area contributed by atoms with E-state index in [0.717, 1.165) is 21.9 Å². The van der Waals surface area contributed by atoms with Gasteiger partial charge in [0, 0.05) is 29.3 Å². The van der Waals surface area contributed by atoms with Gasteiger partial charge in [-0.1, -0.05) is 0 Å². The maximum absolute atomic E-state index is 7.40. The van der Waals surface area contributed by atoms with Gasteiger partial charge in [0.05, 0.1) is 6.89 Å². The van der Waals surface area contributed by atoms with Crippen LogP contribution in [0.15, 0.2) is 36.8 Å². The standard InChI is InChI=1S/C10H7N3/c1-2-7-8-6-11-5-3-9(8)13-10(7)12-4-1/h1-6H,(H,12,13)/i5D. The fourth-order valence-corrected chi connectivity index (χ4v) is 1.52. The summed E-state index contributed by atoms with van der Waals surface area (Å²) in [4.78, 5) is 11.3. The molecule has 3 heterocycles. The smallest absolute Gasteiger partial charge is 0.138 e. The van der Waals surface area contributed by atoms with Gasteiger partial charge >= 0.3 is 0 Å². The Morgan fingerprint density at radius 1 is 1.31 bits per heavy atom. The molecule has 3 aromatic rings. The van der Waals surface area contributed by atoms with Crippen molar-refractivity contribution in [3.63, 3.8) is 0 Å². The molecule has 0 bridgehead atoms. The average Bonchev–Trinajstić information content (AvgIpc) is 2.54. The zero-order valence-corrected chi connectivity index (χ0v) is 6.78. The fraction of sp³-hybridized carbons (Fsp3) is 0. The minimum atomic E-state index is 0.268. The zero-order valence-electron chi connectivity index (χ0n) is 7.78. The van der Waals surface area contributed by atoms with Gasteiger partial charge in [0.25, 0.3) is 0 Å². The topological polar surface area (TPSA) is 41.6 Å². The highest BCUT2D eigenvalue weighted by atomic mass is 14.8. The number of hydrogen-bond donors (Lipinski definition) is 1. The molecule has 0 saturated heterocycles. The Morgan fingerprint density at radius 3 is 3.31 bits per heavy atom. The van der Waals surface area contributed by atoms with Crippen molar-refractivity contribution in [3.05, 3.63) is 36.8 Å². The van der Waals surface area contributed by atoms with Crippen LogP contribution < -0.4 is 0 Å². The average molecular weight is 170 g/mol. The number of hydrogen-bond acceptors (Lipinski definition) is 2. The van der Waals surface area contributed by atoms with E-state index >= 15 is 0 Å². The zero-order chi connectivity index (χ0) is 9.54. The Morgan fingerprint density at radius 2 is 2.31 bits per heavy atom. The van der Waals surface area contributed by atoms with E-state index in [1.54, 1.807) is 18.5 Å². The molecule has 13 heavy (non-hydrogen) atoms. The molecule has 0 aliphatic heterocycles. The predicted molar refractivity (Wildman–Crippen MR) is 51.4 cm³/mol. The third kappa shape index (κ3) is 0.839. The Balaban J connectivity index is 2.57. The van der Waals surface area contributed by atoms with E-state index in [1.807, 2.05) is 12.1 Å². The molecule has 0 saturated carbocycles. The highest BCUT2D eigenvalue weighted by Crippen LogP contribution is 2.21. The summed E-state index contributed by atoms with van der Waals surface area (Å²) in [5, 5.41) is 2.07. The van der Waals surface area contributed by atoms with Crippen LogP contribution in [0.4, 0.5) is 0 Å². The monoisotopic (exact) mass is 170 g/mol. The molecule has 0 atom stereocenters. The van der Waals surface area contributed by atoms with Gasteiger partial charge in [0.2, 0.25) is 0 Å². The van der Waals surface area contributed by atoms with Gasteiger partial charge in [-0.05, 0) is 18.2 Å². The molecule has 3 rings (SSSR count). The number of H-pyrrole nitrogens is 1. The summed E-state index contributed by atoms with van der Waals surface area (Å²) in [6.07, 6.45) is 3.72. The summed E-state index contributed by atoms with van der Waals surface area (Å²) in [5.41, 5.74) is 1.76. The molecule has 0 radical (unpaired) electrons. The van der Waals surface area contributed by atoms with Crippen LogP contribution in [0.1, 0.15) is 1.37 Å². The molecular formula is C10H7N3. The third-order valence-corrected chi connectivity index (χ3v) is 2.12. The number of nitrogens with one attached hydrogen (secondary N) is 1. The van der Waals surface area contributed by atoms with Crippen molar-refractivity contribution in [3.8, 4) is 0 Å². The molecule has 62 valence electrons.